The fourth-order valence-electron chi connectivity index (χ4n) is 1.09. The number of benzene rings is 1. The van der Waals surface area contributed by atoms with E-state index in [1.165, 1.54) is 13.0 Å². The Morgan fingerprint density at radius 1 is 1.38 bits per heavy atom. The molecular weight excluding hydrogens is 214 g/mol. The number of nitrogens with one attached hydrogen (secondary N) is 2. The second kappa shape index (κ2) is 4.87. The topological polar surface area (TPSA) is 97.4 Å². The Morgan fingerprint density at radius 3 is 2.50 bits per heavy atom. The summed E-state index contributed by atoms with van der Waals surface area (Å²) >= 11 is 0. The van der Waals surface area contributed by atoms with Gasteiger partial charge in [-0.2, -0.15) is 0 Å². The van der Waals surface area contributed by atoms with Crippen molar-refractivity contribution in [1.29, 1.82) is 10.8 Å². The molecule has 0 fully saturated rings. The van der Waals surface area contributed by atoms with Gasteiger partial charge >= 0.3 is 7.12 Å². The summed E-state index contributed by atoms with van der Waals surface area (Å²) in [6, 6.07) is 3.35. The Bertz CT molecular complexity index is 437. The SMILES string of the molecule is CC(=N)OC(=N)c1ccc(F)c(B(O)O)c1. The Balaban J connectivity index is 3.03. The Kier molecular flexibility index (Phi) is 3.75. The highest BCUT2D eigenvalue weighted by Gasteiger charge is 2.18. The average molecular weight is 224 g/mol. The van der Waals surface area contributed by atoms with Gasteiger partial charge in [-0.15, -0.1) is 0 Å². The van der Waals surface area contributed by atoms with Crippen LogP contribution < -0.4 is 5.46 Å². The first-order chi connectivity index (χ1) is 7.41. The van der Waals surface area contributed by atoms with Gasteiger partial charge in [0.2, 0.25) is 5.90 Å². The van der Waals surface area contributed by atoms with Crippen LogP contribution in [0.1, 0.15) is 12.5 Å². The monoisotopic (exact) mass is 224 g/mol. The van der Waals surface area contributed by atoms with E-state index in [9.17, 15) is 4.39 Å². The molecule has 1 rings (SSSR count). The van der Waals surface area contributed by atoms with Crippen LogP contribution in [0, 0.1) is 16.6 Å². The van der Waals surface area contributed by atoms with Crippen molar-refractivity contribution in [2.75, 3.05) is 0 Å². The van der Waals surface area contributed by atoms with Gasteiger partial charge in [-0.05, 0) is 18.2 Å². The van der Waals surface area contributed by atoms with Crippen LogP contribution in [-0.2, 0) is 4.74 Å². The Hall–Kier alpha value is -1.73. The summed E-state index contributed by atoms with van der Waals surface area (Å²) in [6.07, 6.45) is 0. The van der Waals surface area contributed by atoms with E-state index < -0.39 is 12.9 Å². The highest BCUT2D eigenvalue weighted by atomic mass is 19.1. The molecule has 0 heterocycles. The highest BCUT2D eigenvalue weighted by Crippen LogP contribution is 2.03. The zero-order chi connectivity index (χ0) is 12.3. The lowest BCUT2D eigenvalue weighted by molar-refractivity contribution is 0.423. The van der Waals surface area contributed by atoms with E-state index in [0.29, 0.717) is 0 Å². The molecule has 0 saturated heterocycles. The van der Waals surface area contributed by atoms with Crippen LogP contribution in [0.3, 0.4) is 0 Å². The molecule has 1 aromatic carbocycles. The summed E-state index contributed by atoms with van der Waals surface area (Å²) in [5, 5.41) is 32.1. The molecule has 0 atom stereocenters. The number of ether oxygens (including phenoxy) is 1. The normalized spacial score (nSPS) is 9.75. The van der Waals surface area contributed by atoms with Gasteiger partial charge in [0, 0.05) is 17.9 Å². The quantitative estimate of drug-likeness (QED) is 0.319. The fraction of sp³-hybridized carbons (Fsp3) is 0.111. The first kappa shape index (κ1) is 12.3. The molecular formula is C9H10BFN2O3. The Labute approximate surface area is 91.7 Å². The van der Waals surface area contributed by atoms with Crippen molar-refractivity contribution in [3.8, 4) is 0 Å². The molecule has 4 N–H and O–H groups in total. The van der Waals surface area contributed by atoms with Crippen LogP contribution >= 0.6 is 0 Å². The third-order valence-corrected chi connectivity index (χ3v) is 1.79. The summed E-state index contributed by atoms with van der Waals surface area (Å²) in [6.45, 7) is 1.35. The molecule has 0 aliphatic rings. The van der Waals surface area contributed by atoms with Crippen molar-refractivity contribution in [2.45, 2.75) is 6.92 Å². The van der Waals surface area contributed by atoms with Crippen LogP contribution in [0.4, 0.5) is 4.39 Å². The summed E-state index contributed by atoms with van der Waals surface area (Å²) < 4.78 is 17.8. The van der Waals surface area contributed by atoms with Gasteiger partial charge in [0.05, 0.1) is 0 Å². The molecule has 0 amide bonds. The highest BCUT2D eigenvalue weighted by molar-refractivity contribution is 6.58. The maximum Gasteiger partial charge on any atom is 0.491 e. The van der Waals surface area contributed by atoms with Gasteiger partial charge in [0.1, 0.15) is 5.82 Å². The molecule has 0 aromatic heterocycles. The molecule has 16 heavy (non-hydrogen) atoms. The summed E-state index contributed by atoms with van der Waals surface area (Å²) in [4.78, 5) is 0. The second-order valence-electron chi connectivity index (χ2n) is 3.10. The molecule has 5 nitrogen and oxygen atoms in total. The molecule has 0 unspecified atom stereocenters. The van der Waals surface area contributed by atoms with Crippen LogP contribution in [0.25, 0.3) is 0 Å². The first-order valence-corrected chi connectivity index (χ1v) is 4.39. The predicted octanol–water partition coefficient (Wildman–Crippen LogP) is -0.155. The molecule has 0 saturated carbocycles. The number of rotatable bonds is 2. The number of halogens is 1. The minimum atomic E-state index is -1.95. The molecule has 0 aliphatic heterocycles. The molecule has 0 aliphatic carbocycles. The third kappa shape index (κ3) is 2.88. The zero-order valence-electron chi connectivity index (χ0n) is 8.49. The van der Waals surface area contributed by atoms with Gasteiger partial charge in [0.15, 0.2) is 5.90 Å². The third-order valence-electron chi connectivity index (χ3n) is 1.79. The van der Waals surface area contributed by atoms with E-state index in [-0.39, 0.29) is 22.8 Å². The average Bonchev–Trinajstić information content (AvgIpc) is 2.16. The molecule has 84 valence electrons. The minimum Gasteiger partial charge on any atom is -0.426 e. The minimum absolute atomic E-state index is 0.163. The van der Waals surface area contributed by atoms with Gasteiger partial charge < -0.3 is 14.8 Å². The van der Waals surface area contributed by atoms with Crippen LogP contribution in [0.2, 0.25) is 0 Å². The largest absolute Gasteiger partial charge is 0.491 e. The zero-order valence-corrected chi connectivity index (χ0v) is 8.49. The maximum absolute atomic E-state index is 13.1. The van der Waals surface area contributed by atoms with E-state index in [0.717, 1.165) is 12.1 Å². The van der Waals surface area contributed by atoms with E-state index in [2.05, 4.69) is 0 Å². The van der Waals surface area contributed by atoms with Crippen molar-refractivity contribution in [3.05, 3.63) is 29.6 Å². The molecule has 0 radical (unpaired) electrons. The predicted molar refractivity (Wildman–Crippen MR) is 57.5 cm³/mol. The van der Waals surface area contributed by atoms with Crippen molar-refractivity contribution >= 4 is 24.4 Å². The van der Waals surface area contributed by atoms with Crippen molar-refractivity contribution in [2.24, 2.45) is 0 Å². The first-order valence-electron chi connectivity index (χ1n) is 4.39. The van der Waals surface area contributed by atoms with Crippen molar-refractivity contribution in [3.63, 3.8) is 0 Å². The number of hydrogen-bond donors (Lipinski definition) is 4. The second-order valence-corrected chi connectivity index (χ2v) is 3.10. The summed E-state index contributed by atoms with van der Waals surface area (Å²) in [5.41, 5.74) is -0.176. The molecule has 7 heteroatoms. The van der Waals surface area contributed by atoms with E-state index in [1.54, 1.807) is 0 Å². The lowest BCUT2D eigenvalue weighted by atomic mass is 9.79. The molecule has 0 spiro atoms. The standard InChI is InChI=1S/C9H10BFN2O3/c1-5(12)16-9(13)6-2-3-8(11)7(4-6)10(14)15/h2-4,12-15H,1H3. The van der Waals surface area contributed by atoms with E-state index >= 15 is 0 Å². The molecule has 1 aromatic rings. The van der Waals surface area contributed by atoms with E-state index in [4.69, 9.17) is 25.6 Å². The van der Waals surface area contributed by atoms with Crippen LogP contribution in [-0.4, -0.2) is 29.0 Å². The van der Waals surface area contributed by atoms with Gasteiger partial charge in [-0.3, -0.25) is 10.8 Å². The summed E-state index contributed by atoms with van der Waals surface area (Å²) in [7, 11) is -1.95. The van der Waals surface area contributed by atoms with Crippen molar-refractivity contribution < 1.29 is 19.2 Å². The van der Waals surface area contributed by atoms with Crippen molar-refractivity contribution in [1.82, 2.24) is 0 Å². The maximum atomic E-state index is 13.1. The van der Waals surface area contributed by atoms with Gasteiger partial charge in [-0.1, -0.05) is 0 Å². The van der Waals surface area contributed by atoms with Gasteiger partial charge in [-0.25, -0.2) is 4.39 Å². The Morgan fingerprint density at radius 2 is 2.00 bits per heavy atom. The smallest absolute Gasteiger partial charge is 0.426 e. The van der Waals surface area contributed by atoms with Gasteiger partial charge in [0.25, 0.3) is 0 Å². The van der Waals surface area contributed by atoms with Crippen LogP contribution in [0.5, 0.6) is 0 Å². The lowest BCUT2D eigenvalue weighted by Gasteiger charge is -2.07. The lowest BCUT2D eigenvalue weighted by Crippen LogP contribution is -2.33. The van der Waals surface area contributed by atoms with E-state index in [1.807, 2.05) is 0 Å². The summed E-state index contributed by atoms with van der Waals surface area (Å²) in [5.74, 6) is -1.31. The van der Waals surface area contributed by atoms with Crippen LogP contribution in [0.15, 0.2) is 18.2 Å². The fourth-order valence-corrected chi connectivity index (χ4v) is 1.09. The molecule has 0 bridgehead atoms. The number of hydrogen-bond acceptors (Lipinski definition) is 5.